The summed E-state index contributed by atoms with van der Waals surface area (Å²) >= 11 is 0. The molecule has 2 fully saturated rings. The van der Waals surface area contributed by atoms with E-state index >= 15 is 0 Å². The average molecular weight is 442 g/mol. The van der Waals surface area contributed by atoms with E-state index < -0.39 is 5.60 Å². The average Bonchev–Trinajstić information content (AvgIpc) is 3.22. The van der Waals surface area contributed by atoms with E-state index in [0.717, 1.165) is 25.1 Å². The van der Waals surface area contributed by atoms with E-state index in [1.165, 1.54) is 12.1 Å². The molecule has 32 heavy (non-hydrogen) atoms. The lowest BCUT2D eigenvalue weighted by Gasteiger charge is -2.44. The quantitative estimate of drug-likeness (QED) is 0.712. The number of fused-ring (bicyclic) bond motifs is 3. The van der Waals surface area contributed by atoms with Crippen LogP contribution in [0.3, 0.4) is 0 Å². The molecule has 1 aromatic heterocycles. The van der Waals surface area contributed by atoms with Crippen molar-refractivity contribution in [2.24, 2.45) is 0 Å². The first-order chi connectivity index (χ1) is 15.4. The van der Waals surface area contributed by atoms with E-state index in [1.54, 1.807) is 17.0 Å². The van der Waals surface area contributed by atoms with Crippen molar-refractivity contribution in [3.05, 3.63) is 47.3 Å². The number of nitrogens with zero attached hydrogens (tertiary/aromatic N) is 5. The third kappa shape index (κ3) is 4.00. The lowest BCUT2D eigenvalue weighted by molar-refractivity contribution is -0.143. The second-order valence-corrected chi connectivity index (χ2v) is 8.99. The van der Waals surface area contributed by atoms with Gasteiger partial charge < -0.3 is 19.9 Å². The molecule has 0 unspecified atom stereocenters. The number of aromatic nitrogens is 3. The normalized spacial score (nSPS) is 21.9. The van der Waals surface area contributed by atoms with Crippen LogP contribution in [-0.2, 0) is 17.9 Å². The Bertz CT molecular complexity index is 1020. The summed E-state index contributed by atoms with van der Waals surface area (Å²) in [5, 5.41) is 21.6. The predicted octanol–water partition coefficient (Wildman–Crippen LogP) is 0.851. The maximum atomic E-state index is 13.1. The zero-order chi connectivity index (χ0) is 22.3. The van der Waals surface area contributed by atoms with Gasteiger partial charge in [0, 0.05) is 39.3 Å². The van der Waals surface area contributed by atoms with Crippen molar-refractivity contribution in [1.82, 2.24) is 29.9 Å². The van der Waals surface area contributed by atoms with Gasteiger partial charge in [-0.25, -0.2) is 4.39 Å². The number of halogens is 1. The van der Waals surface area contributed by atoms with E-state index in [1.807, 2.05) is 4.57 Å². The van der Waals surface area contributed by atoms with Crippen molar-refractivity contribution in [2.75, 3.05) is 26.2 Å². The number of aliphatic hydroxyl groups is 1. The van der Waals surface area contributed by atoms with Gasteiger partial charge in [-0.1, -0.05) is 12.1 Å². The van der Waals surface area contributed by atoms with Crippen LogP contribution in [0.4, 0.5) is 4.39 Å². The Labute approximate surface area is 185 Å². The summed E-state index contributed by atoms with van der Waals surface area (Å²) < 4.78 is 14.9. The molecule has 1 aromatic carbocycles. The minimum absolute atomic E-state index is 0.0271. The molecule has 2 aliphatic heterocycles. The van der Waals surface area contributed by atoms with Gasteiger partial charge in [0.05, 0.1) is 18.1 Å². The number of benzene rings is 1. The second-order valence-electron chi connectivity index (χ2n) is 8.99. The summed E-state index contributed by atoms with van der Waals surface area (Å²) in [6.45, 7) is 3.45. The Morgan fingerprint density at radius 2 is 1.88 bits per heavy atom. The van der Waals surface area contributed by atoms with Gasteiger partial charge in [0.25, 0.3) is 5.91 Å². The van der Waals surface area contributed by atoms with Crippen LogP contribution in [0.1, 0.15) is 53.7 Å². The third-order valence-electron chi connectivity index (χ3n) is 6.87. The van der Waals surface area contributed by atoms with E-state index in [9.17, 15) is 19.1 Å². The molecule has 3 aliphatic rings. The smallest absolute Gasteiger partial charge is 0.289 e. The molecule has 1 saturated heterocycles. The summed E-state index contributed by atoms with van der Waals surface area (Å²) in [7, 11) is 0. The highest BCUT2D eigenvalue weighted by Gasteiger charge is 2.41. The van der Waals surface area contributed by atoms with Gasteiger partial charge in [-0.05, 0) is 37.0 Å². The predicted molar refractivity (Wildman–Crippen MR) is 112 cm³/mol. The maximum Gasteiger partial charge on any atom is 0.289 e. The lowest BCUT2D eigenvalue weighted by atomic mass is 9.77. The number of nitrogens with one attached hydrogen (secondary N) is 1. The highest BCUT2D eigenvalue weighted by Crippen LogP contribution is 2.36. The van der Waals surface area contributed by atoms with E-state index in [2.05, 4.69) is 20.4 Å². The van der Waals surface area contributed by atoms with Crippen molar-refractivity contribution in [3.8, 4) is 0 Å². The fourth-order valence-corrected chi connectivity index (χ4v) is 4.76. The van der Waals surface area contributed by atoms with Crippen molar-refractivity contribution in [1.29, 1.82) is 0 Å². The molecule has 0 radical (unpaired) electrons. The van der Waals surface area contributed by atoms with Gasteiger partial charge in [0.2, 0.25) is 11.7 Å². The number of rotatable bonds is 5. The highest BCUT2D eigenvalue weighted by molar-refractivity contribution is 5.90. The van der Waals surface area contributed by atoms with E-state index in [-0.39, 0.29) is 42.5 Å². The monoisotopic (exact) mass is 442 g/mol. The summed E-state index contributed by atoms with van der Waals surface area (Å²) in [4.78, 5) is 29.6. The fraction of sp³-hybridized carbons (Fsp3) is 0.545. The molecule has 1 atom stereocenters. The van der Waals surface area contributed by atoms with Crippen molar-refractivity contribution < 1.29 is 19.1 Å². The molecular weight excluding hydrogens is 415 g/mol. The lowest BCUT2D eigenvalue weighted by Crippen LogP contribution is -2.55. The SMILES string of the molecule is O=C(NCc1ccc(F)cc1)c1nnc2n1CCN1CCN(C(=O)CC3(O)CCC3)C[C@H]21. The number of carbonyl (C=O) groups excluding carboxylic acids is 2. The summed E-state index contributed by atoms with van der Waals surface area (Å²) in [5.41, 5.74) is -0.0461. The standard InChI is InChI=1S/C22H27FN6O3/c23-16-4-2-15(3-5-16)13-24-21(31)20-26-25-19-17-14-28(9-8-27(17)10-11-29(19)20)18(30)12-22(32)6-1-7-22/h2-5,17,32H,1,6-14H2,(H,24,31)/t17-/m1/s1. The van der Waals surface area contributed by atoms with Gasteiger partial charge in [-0.15, -0.1) is 10.2 Å². The van der Waals surface area contributed by atoms with Crippen LogP contribution >= 0.6 is 0 Å². The first kappa shape index (κ1) is 21.0. The molecule has 10 heteroatoms. The molecule has 170 valence electrons. The Morgan fingerprint density at radius 1 is 1.12 bits per heavy atom. The third-order valence-corrected chi connectivity index (χ3v) is 6.87. The molecule has 1 aliphatic carbocycles. The van der Waals surface area contributed by atoms with Gasteiger partial charge in [0.15, 0.2) is 5.82 Å². The van der Waals surface area contributed by atoms with E-state index in [0.29, 0.717) is 38.3 Å². The number of hydrogen-bond acceptors (Lipinski definition) is 6. The van der Waals surface area contributed by atoms with Crippen LogP contribution in [0, 0.1) is 5.82 Å². The Kier molecular flexibility index (Phi) is 5.42. The second kappa shape index (κ2) is 8.25. The summed E-state index contributed by atoms with van der Waals surface area (Å²) in [5.74, 6) is 0.244. The number of piperazine rings is 1. The van der Waals surface area contributed by atoms with Crippen LogP contribution in [0.5, 0.6) is 0 Å². The number of amides is 2. The van der Waals surface area contributed by atoms with Crippen molar-refractivity contribution in [3.63, 3.8) is 0 Å². The first-order valence-electron chi connectivity index (χ1n) is 11.1. The van der Waals surface area contributed by atoms with Crippen molar-refractivity contribution in [2.45, 2.75) is 50.4 Å². The van der Waals surface area contributed by atoms with Crippen LogP contribution in [0.2, 0.25) is 0 Å². The van der Waals surface area contributed by atoms with Crippen molar-refractivity contribution >= 4 is 11.8 Å². The zero-order valence-corrected chi connectivity index (χ0v) is 17.8. The molecule has 3 heterocycles. The molecule has 2 amide bonds. The minimum atomic E-state index is -0.837. The Balaban J connectivity index is 1.26. The zero-order valence-electron chi connectivity index (χ0n) is 17.8. The van der Waals surface area contributed by atoms with E-state index in [4.69, 9.17) is 0 Å². The minimum Gasteiger partial charge on any atom is -0.389 e. The van der Waals surface area contributed by atoms with Crippen LogP contribution in [-0.4, -0.2) is 73.3 Å². The highest BCUT2D eigenvalue weighted by atomic mass is 19.1. The molecule has 9 nitrogen and oxygen atoms in total. The molecule has 1 saturated carbocycles. The molecular formula is C22H27FN6O3. The van der Waals surface area contributed by atoms with Gasteiger partial charge in [-0.2, -0.15) is 0 Å². The summed E-state index contributed by atoms with van der Waals surface area (Å²) in [6.07, 6.45) is 2.51. The molecule has 2 aromatic rings. The van der Waals surface area contributed by atoms with Crippen LogP contribution < -0.4 is 5.32 Å². The topological polar surface area (TPSA) is 104 Å². The van der Waals surface area contributed by atoms with Gasteiger partial charge in [0.1, 0.15) is 5.82 Å². The molecule has 0 spiro atoms. The van der Waals surface area contributed by atoms with Crippen LogP contribution in [0.15, 0.2) is 24.3 Å². The molecule has 2 N–H and O–H groups in total. The maximum absolute atomic E-state index is 13.1. The largest absolute Gasteiger partial charge is 0.389 e. The molecule has 0 bridgehead atoms. The van der Waals surface area contributed by atoms with Gasteiger partial charge in [-0.3, -0.25) is 14.5 Å². The molecule has 5 rings (SSSR count). The summed E-state index contributed by atoms with van der Waals surface area (Å²) in [6, 6.07) is 5.84. The fourth-order valence-electron chi connectivity index (χ4n) is 4.76. The Hall–Kier alpha value is -2.85. The van der Waals surface area contributed by atoms with Gasteiger partial charge >= 0.3 is 0 Å². The number of hydrogen-bond donors (Lipinski definition) is 2. The first-order valence-corrected chi connectivity index (χ1v) is 11.1. The van der Waals surface area contributed by atoms with Crippen LogP contribution in [0.25, 0.3) is 0 Å². The Morgan fingerprint density at radius 3 is 2.59 bits per heavy atom. The number of carbonyl (C=O) groups is 2.